The normalized spacial score (nSPS) is 10.9. The third-order valence-corrected chi connectivity index (χ3v) is 2.78. The predicted octanol–water partition coefficient (Wildman–Crippen LogP) is 3.01. The number of hydrogen-bond donors (Lipinski definition) is 0. The average Bonchev–Trinajstić information content (AvgIpc) is 2.71. The van der Waals surface area contributed by atoms with Gasteiger partial charge in [-0.3, -0.25) is 4.98 Å². The van der Waals surface area contributed by atoms with Crippen molar-refractivity contribution in [3.63, 3.8) is 0 Å². The molecule has 0 amide bonds. The molecule has 0 fully saturated rings. The lowest BCUT2D eigenvalue weighted by molar-refractivity contribution is 1.13. The van der Waals surface area contributed by atoms with Crippen molar-refractivity contribution in [3.05, 3.63) is 54.1 Å². The molecule has 0 saturated carbocycles. The molecule has 0 radical (unpaired) electrons. The van der Waals surface area contributed by atoms with E-state index >= 15 is 0 Å². The van der Waals surface area contributed by atoms with Gasteiger partial charge >= 0.3 is 0 Å². The molecule has 84 valence electrons. The van der Waals surface area contributed by atoms with Gasteiger partial charge in [0.2, 0.25) is 0 Å². The van der Waals surface area contributed by atoms with Crippen molar-refractivity contribution in [3.8, 4) is 11.3 Å². The fourth-order valence-corrected chi connectivity index (χ4v) is 2.10. The van der Waals surface area contributed by atoms with E-state index in [9.17, 15) is 0 Å². The number of nitrogens with zero attached hydrogens (tertiary/aromatic N) is 3. The summed E-state index contributed by atoms with van der Waals surface area (Å²) < 4.78 is 1.99. The zero-order chi connectivity index (χ0) is 11.8. The first-order valence-electron chi connectivity index (χ1n) is 5.60. The Labute approximate surface area is 99.8 Å². The van der Waals surface area contributed by atoms with Crippen LogP contribution in [-0.4, -0.2) is 14.4 Å². The molecule has 0 aliphatic heterocycles. The van der Waals surface area contributed by atoms with Crippen LogP contribution in [0.25, 0.3) is 16.9 Å². The summed E-state index contributed by atoms with van der Waals surface area (Å²) in [5.41, 5.74) is 5.54. The first-order chi connectivity index (χ1) is 8.22. The van der Waals surface area contributed by atoms with E-state index in [-0.39, 0.29) is 0 Å². The maximum Gasteiger partial charge on any atom is 0.155 e. The number of hydrogen-bond acceptors (Lipinski definition) is 2. The van der Waals surface area contributed by atoms with Gasteiger partial charge in [0, 0.05) is 24.2 Å². The highest BCUT2D eigenvalue weighted by atomic mass is 15.0. The zero-order valence-corrected chi connectivity index (χ0v) is 9.88. The Morgan fingerprint density at radius 3 is 2.53 bits per heavy atom. The summed E-state index contributed by atoms with van der Waals surface area (Å²) in [7, 11) is 0. The maximum absolute atomic E-state index is 4.57. The third kappa shape index (κ3) is 1.80. The van der Waals surface area contributed by atoms with Crippen LogP contribution in [0.5, 0.6) is 0 Å². The highest BCUT2D eigenvalue weighted by Crippen LogP contribution is 2.21. The van der Waals surface area contributed by atoms with Gasteiger partial charge in [0.15, 0.2) is 5.65 Å². The zero-order valence-electron chi connectivity index (χ0n) is 9.88. The summed E-state index contributed by atoms with van der Waals surface area (Å²) >= 11 is 0. The molecule has 3 heteroatoms. The monoisotopic (exact) mass is 223 g/mol. The molecular weight excluding hydrogens is 210 g/mol. The smallest absolute Gasteiger partial charge is 0.155 e. The molecule has 3 rings (SSSR count). The minimum absolute atomic E-state index is 0.877. The van der Waals surface area contributed by atoms with Crippen molar-refractivity contribution in [2.75, 3.05) is 0 Å². The topological polar surface area (TPSA) is 30.2 Å². The van der Waals surface area contributed by atoms with E-state index in [1.54, 1.807) is 12.4 Å². The van der Waals surface area contributed by atoms with Crippen LogP contribution in [0.3, 0.4) is 0 Å². The summed E-state index contributed by atoms with van der Waals surface area (Å²) in [5, 5.41) is 0. The lowest BCUT2D eigenvalue weighted by Crippen LogP contribution is -1.82. The Balaban J connectivity index is 2.20. The number of rotatable bonds is 1. The summed E-state index contributed by atoms with van der Waals surface area (Å²) in [6, 6.07) is 6.48. The number of aryl methyl sites for hydroxylation is 2. The highest BCUT2D eigenvalue weighted by molar-refractivity contribution is 5.63. The first kappa shape index (κ1) is 10.0. The molecule has 0 N–H and O–H groups in total. The third-order valence-electron chi connectivity index (χ3n) is 2.78. The lowest BCUT2D eigenvalue weighted by Gasteiger charge is -2.01. The number of imidazole rings is 1. The lowest BCUT2D eigenvalue weighted by atomic mass is 10.1. The minimum Gasteiger partial charge on any atom is -0.304 e. The number of aromatic nitrogens is 3. The van der Waals surface area contributed by atoms with Crippen molar-refractivity contribution >= 4 is 5.65 Å². The van der Waals surface area contributed by atoms with Crippen LogP contribution in [0.2, 0.25) is 0 Å². The highest BCUT2D eigenvalue weighted by Gasteiger charge is 2.04. The second-order valence-corrected chi connectivity index (χ2v) is 4.34. The molecule has 0 atom stereocenters. The molecular formula is C14H13N3. The van der Waals surface area contributed by atoms with Crippen molar-refractivity contribution in [2.24, 2.45) is 0 Å². The number of fused-ring (bicyclic) bond motifs is 1. The van der Waals surface area contributed by atoms with E-state index in [1.165, 1.54) is 11.1 Å². The Hall–Kier alpha value is -2.16. The summed E-state index contributed by atoms with van der Waals surface area (Å²) in [5.74, 6) is 0. The van der Waals surface area contributed by atoms with Crippen LogP contribution in [0.15, 0.2) is 43.0 Å². The van der Waals surface area contributed by atoms with E-state index in [1.807, 2.05) is 16.8 Å². The van der Waals surface area contributed by atoms with Gasteiger partial charge in [-0.2, -0.15) is 0 Å². The molecule has 0 unspecified atom stereocenters. The van der Waals surface area contributed by atoms with E-state index in [2.05, 4.69) is 42.0 Å². The van der Waals surface area contributed by atoms with Gasteiger partial charge in [-0.1, -0.05) is 17.2 Å². The second-order valence-electron chi connectivity index (χ2n) is 4.34. The minimum atomic E-state index is 0.877. The fraction of sp³-hybridized carbons (Fsp3) is 0.143. The van der Waals surface area contributed by atoms with Gasteiger partial charge in [-0.05, 0) is 26.0 Å². The van der Waals surface area contributed by atoms with Crippen LogP contribution < -0.4 is 0 Å². The van der Waals surface area contributed by atoms with Crippen molar-refractivity contribution < 1.29 is 0 Å². The van der Waals surface area contributed by atoms with Crippen LogP contribution in [0.1, 0.15) is 11.1 Å². The SMILES string of the molecule is Cc1cc(C)cc(-c2cn3ccncc3n2)c1. The molecule has 0 aliphatic carbocycles. The molecule has 3 nitrogen and oxygen atoms in total. The predicted molar refractivity (Wildman–Crippen MR) is 67.9 cm³/mol. The van der Waals surface area contributed by atoms with E-state index in [4.69, 9.17) is 0 Å². The van der Waals surface area contributed by atoms with Gasteiger partial charge < -0.3 is 4.40 Å². The quantitative estimate of drug-likeness (QED) is 0.634. The molecule has 0 bridgehead atoms. The van der Waals surface area contributed by atoms with Gasteiger partial charge in [0.05, 0.1) is 11.9 Å². The van der Waals surface area contributed by atoms with Crippen molar-refractivity contribution in [1.29, 1.82) is 0 Å². The fourth-order valence-electron chi connectivity index (χ4n) is 2.10. The molecule has 2 aromatic heterocycles. The van der Waals surface area contributed by atoms with Crippen LogP contribution in [0, 0.1) is 13.8 Å². The summed E-state index contributed by atoms with van der Waals surface area (Å²) in [6.45, 7) is 4.21. The second kappa shape index (κ2) is 3.70. The summed E-state index contributed by atoms with van der Waals surface area (Å²) in [6.07, 6.45) is 7.48. The Morgan fingerprint density at radius 2 is 1.82 bits per heavy atom. The van der Waals surface area contributed by atoms with Crippen molar-refractivity contribution in [2.45, 2.75) is 13.8 Å². The van der Waals surface area contributed by atoms with Gasteiger partial charge in [-0.15, -0.1) is 0 Å². The largest absolute Gasteiger partial charge is 0.304 e. The van der Waals surface area contributed by atoms with Crippen LogP contribution in [-0.2, 0) is 0 Å². The molecule has 2 heterocycles. The van der Waals surface area contributed by atoms with Gasteiger partial charge in [0.1, 0.15) is 0 Å². The molecule has 0 spiro atoms. The molecule has 1 aromatic carbocycles. The van der Waals surface area contributed by atoms with Gasteiger partial charge in [-0.25, -0.2) is 4.98 Å². The first-order valence-corrected chi connectivity index (χ1v) is 5.60. The average molecular weight is 223 g/mol. The van der Waals surface area contributed by atoms with E-state index in [0.29, 0.717) is 0 Å². The maximum atomic E-state index is 4.57. The van der Waals surface area contributed by atoms with E-state index < -0.39 is 0 Å². The molecule has 0 saturated heterocycles. The molecule has 0 aliphatic rings. The Kier molecular flexibility index (Phi) is 2.18. The molecule has 3 aromatic rings. The number of benzene rings is 1. The standard InChI is InChI=1S/C14H13N3/c1-10-5-11(2)7-12(6-10)13-9-17-4-3-15-8-14(17)16-13/h3-9H,1-2H3. The van der Waals surface area contributed by atoms with E-state index in [0.717, 1.165) is 16.9 Å². The molecule has 17 heavy (non-hydrogen) atoms. The Morgan fingerprint density at radius 1 is 1.06 bits per heavy atom. The van der Waals surface area contributed by atoms with Crippen LogP contribution in [0.4, 0.5) is 0 Å². The van der Waals surface area contributed by atoms with Gasteiger partial charge in [0.25, 0.3) is 0 Å². The van der Waals surface area contributed by atoms with Crippen LogP contribution >= 0.6 is 0 Å². The summed E-state index contributed by atoms with van der Waals surface area (Å²) in [4.78, 5) is 8.64. The Bertz CT molecular complexity index is 630. The van der Waals surface area contributed by atoms with Crippen molar-refractivity contribution in [1.82, 2.24) is 14.4 Å².